The molecule has 3 N–H and O–H groups in total. The Balaban J connectivity index is 1.44. The van der Waals surface area contributed by atoms with Crippen LogP contribution in [0.4, 0.5) is 0 Å². The van der Waals surface area contributed by atoms with Crippen LogP contribution in [-0.4, -0.2) is 51.4 Å². The summed E-state index contributed by atoms with van der Waals surface area (Å²) in [6.07, 6.45) is 9.80. The minimum absolute atomic E-state index is 0.0474. The molecule has 11 heteroatoms. The van der Waals surface area contributed by atoms with Gasteiger partial charge in [-0.25, -0.2) is 18.4 Å². The van der Waals surface area contributed by atoms with Crippen molar-refractivity contribution in [3.63, 3.8) is 0 Å². The number of H-pyrrole nitrogens is 1. The van der Waals surface area contributed by atoms with Gasteiger partial charge in [0.25, 0.3) is 15.6 Å². The zero-order valence-electron chi connectivity index (χ0n) is 23.7. The van der Waals surface area contributed by atoms with Gasteiger partial charge in [0.1, 0.15) is 11.6 Å². The van der Waals surface area contributed by atoms with Gasteiger partial charge in [0.05, 0.1) is 51.4 Å². The van der Waals surface area contributed by atoms with E-state index in [1.807, 2.05) is 54.0 Å². The van der Waals surface area contributed by atoms with Crippen molar-refractivity contribution >= 4 is 32.0 Å². The molecule has 43 heavy (non-hydrogen) atoms. The molecule has 0 bridgehead atoms. The molecule has 0 aliphatic carbocycles. The summed E-state index contributed by atoms with van der Waals surface area (Å²) in [5.41, 5.74) is 8.84. The van der Waals surface area contributed by atoms with Crippen LogP contribution in [-0.2, 0) is 16.6 Å². The van der Waals surface area contributed by atoms with E-state index in [4.69, 9.17) is 15.5 Å². The van der Waals surface area contributed by atoms with Gasteiger partial charge >= 0.3 is 0 Å². The van der Waals surface area contributed by atoms with Crippen LogP contribution < -0.4 is 16.0 Å². The maximum atomic E-state index is 13.8. The number of nitrogens with zero attached hydrogens (tertiary/aromatic N) is 4. The van der Waals surface area contributed by atoms with Crippen molar-refractivity contribution in [2.45, 2.75) is 37.2 Å². The van der Waals surface area contributed by atoms with Gasteiger partial charge in [0.15, 0.2) is 0 Å². The Labute approximate surface area is 249 Å². The second-order valence-electron chi connectivity index (χ2n) is 10.3. The number of allylic oxidation sites excluding steroid dienone is 2. The van der Waals surface area contributed by atoms with Gasteiger partial charge in [-0.05, 0) is 61.4 Å². The molecule has 0 saturated carbocycles. The van der Waals surface area contributed by atoms with Crippen molar-refractivity contribution in [2.24, 2.45) is 5.73 Å². The topological polar surface area (TPSA) is 136 Å². The average Bonchev–Trinajstić information content (AvgIpc) is 3.41. The summed E-state index contributed by atoms with van der Waals surface area (Å²) < 4.78 is 36.9. The van der Waals surface area contributed by atoms with Crippen molar-refractivity contribution < 1.29 is 13.2 Å². The molecule has 220 valence electrons. The lowest BCUT2D eigenvalue weighted by atomic mass is 10.1. The van der Waals surface area contributed by atoms with Gasteiger partial charge in [-0.1, -0.05) is 49.4 Å². The molecule has 2 aromatic heterocycles. The number of aromatic nitrogens is 4. The molecule has 3 aromatic carbocycles. The van der Waals surface area contributed by atoms with E-state index in [0.29, 0.717) is 53.8 Å². The lowest BCUT2D eigenvalue weighted by molar-refractivity contribution is 0.318. The molecular formula is C32H32N6O4S. The molecule has 0 amide bonds. The average molecular weight is 597 g/mol. The summed E-state index contributed by atoms with van der Waals surface area (Å²) in [5.74, 6) is 0.625. The molecule has 1 aliphatic heterocycles. The van der Waals surface area contributed by atoms with E-state index in [0.717, 1.165) is 17.5 Å². The van der Waals surface area contributed by atoms with Crippen LogP contribution >= 0.6 is 0 Å². The van der Waals surface area contributed by atoms with Crippen molar-refractivity contribution in [1.29, 1.82) is 0 Å². The molecule has 10 nitrogen and oxygen atoms in total. The van der Waals surface area contributed by atoms with E-state index < -0.39 is 16.1 Å². The minimum Gasteiger partial charge on any atom is -0.493 e. The number of nitrogens with one attached hydrogen (secondary N) is 1. The van der Waals surface area contributed by atoms with Crippen LogP contribution in [0.5, 0.6) is 5.75 Å². The summed E-state index contributed by atoms with van der Waals surface area (Å²) in [7, 11) is -3.95. The van der Waals surface area contributed by atoms with E-state index in [2.05, 4.69) is 9.97 Å². The number of sulfonamides is 1. The molecule has 0 radical (unpaired) electrons. The Morgan fingerprint density at radius 3 is 2.67 bits per heavy atom. The van der Waals surface area contributed by atoms with E-state index in [1.165, 1.54) is 22.6 Å². The van der Waals surface area contributed by atoms with Gasteiger partial charge < -0.3 is 20.0 Å². The Hall–Kier alpha value is -4.74. The quantitative estimate of drug-likeness (QED) is 0.241. The monoisotopic (exact) mass is 596 g/mol. The smallest absolute Gasteiger partial charge is 0.264 e. The first kappa shape index (κ1) is 28.4. The van der Waals surface area contributed by atoms with E-state index >= 15 is 0 Å². The molecule has 0 spiro atoms. The zero-order valence-corrected chi connectivity index (χ0v) is 24.5. The number of aromatic amines is 1. The van der Waals surface area contributed by atoms with Crippen molar-refractivity contribution in [2.75, 3.05) is 13.2 Å². The second-order valence-corrected chi connectivity index (χ2v) is 12.2. The largest absolute Gasteiger partial charge is 0.493 e. The highest BCUT2D eigenvalue weighted by Gasteiger charge is 2.29. The first-order chi connectivity index (χ1) is 20.9. The third-order valence-electron chi connectivity index (χ3n) is 7.35. The SMILES string of the molecule is CCCOc1ccc(S(=O)(=O)N2C=CC=CC2CCN)cc1-c1nc2cc3ncn(Cc4ccccc4)c3cc2c(=O)[nH]1. The van der Waals surface area contributed by atoms with Crippen LogP contribution in [0.25, 0.3) is 33.3 Å². The number of imidazole rings is 1. The standard InChI is InChI=1S/C32H32N6O4S/c1-2-16-42-30-12-11-24(43(40,41)38-15-7-6-10-23(38)13-14-33)17-26(30)31-35-27-19-28-29(18-25(27)32(39)36-31)37(21-34-28)20-22-8-4-3-5-9-22/h3-12,15,17-19,21,23H,2,13-14,16,20,33H2,1H3,(H,35,36,39). The summed E-state index contributed by atoms with van der Waals surface area (Å²) in [5, 5.41) is 0.403. The predicted molar refractivity (Wildman–Crippen MR) is 167 cm³/mol. The summed E-state index contributed by atoms with van der Waals surface area (Å²) in [6, 6.07) is 17.8. The molecular weight excluding hydrogens is 564 g/mol. The lowest BCUT2D eigenvalue weighted by Crippen LogP contribution is -2.37. The Bertz CT molecular complexity index is 2010. The molecule has 3 heterocycles. The van der Waals surface area contributed by atoms with E-state index in [1.54, 1.807) is 30.6 Å². The molecule has 0 saturated heterocycles. The van der Waals surface area contributed by atoms with Crippen molar-refractivity contribution in [3.05, 3.63) is 107 Å². The van der Waals surface area contributed by atoms with Gasteiger partial charge in [0.2, 0.25) is 0 Å². The third kappa shape index (κ3) is 5.56. The van der Waals surface area contributed by atoms with Gasteiger partial charge in [0, 0.05) is 12.7 Å². The van der Waals surface area contributed by atoms with Crippen molar-refractivity contribution in [3.8, 4) is 17.1 Å². The maximum absolute atomic E-state index is 13.8. The Morgan fingerprint density at radius 1 is 1.05 bits per heavy atom. The van der Waals surface area contributed by atoms with Crippen molar-refractivity contribution in [1.82, 2.24) is 23.8 Å². The number of fused-ring (bicyclic) bond motifs is 2. The number of benzene rings is 3. The highest BCUT2D eigenvalue weighted by atomic mass is 32.2. The summed E-state index contributed by atoms with van der Waals surface area (Å²) >= 11 is 0. The Kier molecular flexibility index (Phi) is 7.83. The van der Waals surface area contributed by atoms with E-state index in [-0.39, 0.29) is 16.3 Å². The summed E-state index contributed by atoms with van der Waals surface area (Å²) in [6.45, 7) is 3.34. The number of rotatable bonds is 10. The lowest BCUT2D eigenvalue weighted by Gasteiger charge is -2.29. The fraction of sp³-hybridized carbons (Fsp3) is 0.219. The predicted octanol–water partition coefficient (Wildman–Crippen LogP) is 4.57. The first-order valence-corrected chi connectivity index (χ1v) is 15.6. The molecule has 0 fully saturated rings. The van der Waals surface area contributed by atoms with Gasteiger partial charge in [-0.2, -0.15) is 0 Å². The molecule has 1 aliphatic rings. The molecule has 6 rings (SSSR count). The maximum Gasteiger partial charge on any atom is 0.264 e. The van der Waals surface area contributed by atoms with E-state index in [9.17, 15) is 13.2 Å². The Morgan fingerprint density at radius 2 is 1.88 bits per heavy atom. The van der Waals surface area contributed by atoms with Gasteiger partial charge in [-0.15, -0.1) is 0 Å². The number of nitrogens with two attached hydrogens (primary N) is 1. The van der Waals surface area contributed by atoms with Crippen LogP contribution in [0.3, 0.4) is 0 Å². The number of ether oxygens (including phenoxy) is 1. The van der Waals surface area contributed by atoms with Crippen LogP contribution in [0.15, 0.2) is 101 Å². The van der Waals surface area contributed by atoms with Crippen LogP contribution in [0, 0.1) is 0 Å². The third-order valence-corrected chi connectivity index (χ3v) is 9.15. The van der Waals surface area contributed by atoms with Crippen LogP contribution in [0.2, 0.25) is 0 Å². The number of hydrogen-bond donors (Lipinski definition) is 2. The zero-order chi connectivity index (χ0) is 30.0. The summed E-state index contributed by atoms with van der Waals surface area (Å²) in [4.78, 5) is 25.7. The minimum atomic E-state index is -3.95. The molecule has 1 unspecified atom stereocenters. The fourth-order valence-corrected chi connectivity index (χ4v) is 6.73. The molecule has 1 atom stereocenters. The highest BCUT2D eigenvalue weighted by molar-refractivity contribution is 7.89. The second kappa shape index (κ2) is 11.9. The number of hydrogen-bond acceptors (Lipinski definition) is 7. The molecule has 5 aromatic rings. The first-order valence-electron chi connectivity index (χ1n) is 14.2. The fourth-order valence-electron chi connectivity index (χ4n) is 5.21. The highest BCUT2D eigenvalue weighted by Crippen LogP contribution is 2.33. The van der Waals surface area contributed by atoms with Crippen LogP contribution in [0.1, 0.15) is 25.3 Å². The van der Waals surface area contributed by atoms with Gasteiger partial charge in [-0.3, -0.25) is 9.10 Å². The normalized spacial score (nSPS) is 15.0.